The first-order valence-corrected chi connectivity index (χ1v) is 13.0. The summed E-state index contributed by atoms with van der Waals surface area (Å²) in [6, 6.07) is 12.4. The molecule has 1 atom stereocenters. The van der Waals surface area contributed by atoms with Crippen LogP contribution < -0.4 is 10.5 Å². The van der Waals surface area contributed by atoms with Gasteiger partial charge < -0.3 is 15.4 Å². The molecule has 202 valence electrons. The first-order valence-electron chi connectivity index (χ1n) is 13.0. The van der Waals surface area contributed by atoms with E-state index >= 15 is 0 Å². The summed E-state index contributed by atoms with van der Waals surface area (Å²) in [7, 11) is 0. The van der Waals surface area contributed by atoms with Gasteiger partial charge in [-0.2, -0.15) is 14.8 Å². The summed E-state index contributed by atoms with van der Waals surface area (Å²) < 4.78 is 34.8. The van der Waals surface area contributed by atoms with E-state index in [-0.39, 0.29) is 29.1 Å². The number of ether oxygens (including phenoxy) is 1. The topological polar surface area (TPSA) is 123 Å². The largest absolute Gasteiger partial charge is 0.454 e. The second kappa shape index (κ2) is 10.4. The lowest BCUT2D eigenvalue weighted by molar-refractivity contribution is -0.127. The third kappa shape index (κ3) is 4.84. The van der Waals surface area contributed by atoms with Gasteiger partial charge >= 0.3 is 0 Å². The summed E-state index contributed by atoms with van der Waals surface area (Å²) in [6.45, 7) is 0.949. The van der Waals surface area contributed by atoms with Gasteiger partial charge in [-0.25, -0.2) is 19.0 Å². The number of allylic oxidation sites excluding steroid dienone is 1. The van der Waals surface area contributed by atoms with Gasteiger partial charge in [-0.05, 0) is 68.0 Å². The second-order valence-electron chi connectivity index (χ2n) is 9.99. The molecule has 40 heavy (non-hydrogen) atoms. The predicted molar refractivity (Wildman–Crippen MR) is 143 cm³/mol. The van der Waals surface area contributed by atoms with Crippen LogP contribution in [0.25, 0.3) is 22.3 Å². The van der Waals surface area contributed by atoms with Crippen LogP contribution >= 0.6 is 0 Å². The molecule has 0 spiro atoms. The van der Waals surface area contributed by atoms with E-state index in [2.05, 4.69) is 16.0 Å². The Hall–Kier alpha value is -4.85. The molecule has 2 N–H and O–H groups in total. The number of hydrogen-bond donors (Lipinski definition) is 1. The molecular weight excluding hydrogens is 516 g/mol. The Kier molecular flexibility index (Phi) is 6.59. The normalized spacial score (nSPS) is 17.3. The monoisotopic (exact) mass is 541 g/mol. The van der Waals surface area contributed by atoms with Crippen LogP contribution in [0.1, 0.15) is 25.7 Å². The number of nitriles is 1. The lowest BCUT2D eigenvalue weighted by atomic mass is 10.1. The van der Waals surface area contributed by atoms with Gasteiger partial charge in [0.2, 0.25) is 5.82 Å². The van der Waals surface area contributed by atoms with Crippen molar-refractivity contribution in [3.63, 3.8) is 0 Å². The summed E-state index contributed by atoms with van der Waals surface area (Å²) in [6.07, 6.45) is 6.79. The van der Waals surface area contributed by atoms with Gasteiger partial charge in [-0.3, -0.25) is 4.79 Å². The van der Waals surface area contributed by atoms with Crippen molar-refractivity contribution in [2.24, 2.45) is 5.92 Å². The molecule has 1 amide bonds. The zero-order chi connectivity index (χ0) is 27.8. The van der Waals surface area contributed by atoms with Crippen molar-refractivity contribution in [1.82, 2.24) is 24.6 Å². The van der Waals surface area contributed by atoms with Crippen LogP contribution in [-0.4, -0.2) is 43.1 Å². The Bertz CT molecular complexity index is 1670. The average Bonchev–Trinajstić information content (AvgIpc) is 3.54. The summed E-state index contributed by atoms with van der Waals surface area (Å²) >= 11 is 0. The zero-order valence-corrected chi connectivity index (χ0v) is 21.4. The smallest absolute Gasteiger partial charge is 0.264 e. The van der Waals surface area contributed by atoms with E-state index in [1.54, 1.807) is 39.9 Å². The van der Waals surface area contributed by atoms with Crippen LogP contribution in [0.15, 0.2) is 60.4 Å². The highest BCUT2D eigenvalue weighted by Crippen LogP contribution is 2.34. The van der Waals surface area contributed by atoms with E-state index in [1.807, 2.05) is 0 Å². The van der Waals surface area contributed by atoms with Crippen molar-refractivity contribution in [2.75, 3.05) is 12.3 Å². The number of halogens is 2. The highest BCUT2D eigenvalue weighted by atomic mass is 19.2. The van der Waals surface area contributed by atoms with E-state index in [1.165, 1.54) is 18.5 Å². The number of hydrogen-bond acceptors (Lipinski definition) is 7. The molecule has 1 saturated heterocycles. The number of amides is 1. The quantitative estimate of drug-likeness (QED) is 0.258. The molecular formula is C29H25F2N7O2. The molecule has 0 radical (unpaired) electrons. The highest BCUT2D eigenvalue weighted by Gasteiger charge is 2.33. The summed E-state index contributed by atoms with van der Waals surface area (Å²) in [4.78, 5) is 23.5. The maximum absolute atomic E-state index is 14.0. The van der Waals surface area contributed by atoms with Gasteiger partial charge in [0.25, 0.3) is 5.91 Å². The standard InChI is InChI=1S/C29H25F2N7O2/c30-22-4-1-5-23(25(22)31)40-21-10-8-18(9-11-21)26-24-27(33)34-16-35-28(24)38(36-26)15-20-3-2-12-37(20)29(39)19(14-32)13-17-6-7-17/h1,4-5,8-11,13,16-17,20H,2-3,6-7,12,15H2,(H2,33,34,35). The summed E-state index contributed by atoms with van der Waals surface area (Å²) in [5, 5.41) is 15.0. The molecule has 1 aliphatic heterocycles. The Morgan fingerprint density at radius 2 is 1.95 bits per heavy atom. The second-order valence-corrected chi connectivity index (χ2v) is 9.99. The average molecular weight is 542 g/mol. The molecule has 1 unspecified atom stereocenters. The molecule has 1 aliphatic carbocycles. The number of fused-ring (bicyclic) bond motifs is 1. The Morgan fingerprint density at radius 1 is 1.15 bits per heavy atom. The van der Waals surface area contributed by atoms with E-state index < -0.39 is 11.6 Å². The SMILES string of the molecule is N#CC(=CC1CC1)C(=O)N1CCCC1Cn1nc(-c2ccc(Oc3cccc(F)c3F)cc2)c2c(N)ncnc21. The summed E-state index contributed by atoms with van der Waals surface area (Å²) in [5.41, 5.74) is 8.21. The van der Waals surface area contributed by atoms with Crippen molar-refractivity contribution in [3.05, 3.63) is 72.1 Å². The van der Waals surface area contributed by atoms with Crippen LogP contribution in [0.2, 0.25) is 0 Å². The first kappa shape index (κ1) is 25.4. The number of carbonyl (C=O) groups excluding carboxylic acids is 1. The molecule has 1 saturated carbocycles. The maximum atomic E-state index is 14.0. The number of nitrogen functional groups attached to an aromatic ring is 1. The molecule has 0 bridgehead atoms. The molecule has 2 aromatic heterocycles. The van der Waals surface area contributed by atoms with Crippen molar-refractivity contribution < 1.29 is 18.3 Å². The van der Waals surface area contributed by atoms with Gasteiger partial charge in [0.15, 0.2) is 17.2 Å². The number of likely N-dealkylation sites (tertiary alicyclic amines) is 1. The minimum Gasteiger partial charge on any atom is -0.454 e. The minimum atomic E-state index is -1.06. The third-order valence-electron chi connectivity index (χ3n) is 7.23. The third-order valence-corrected chi connectivity index (χ3v) is 7.23. The molecule has 2 aromatic carbocycles. The number of benzene rings is 2. The fourth-order valence-electron chi connectivity index (χ4n) is 5.03. The number of nitrogens with zero attached hydrogens (tertiary/aromatic N) is 6. The number of carbonyl (C=O) groups is 1. The van der Waals surface area contributed by atoms with Crippen LogP contribution in [0, 0.1) is 28.9 Å². The zero-order valence-electron chi connectivity index (χ0n) is 21.4. The number of nitrogens with two attached hydrogens (primary N) is 1. The van der Waals surface area contributed by atoms with E-state index in [0.717, 1.165) is 31.7 Å². The van der Waals surface area contributed by atoms with Gasteiger partial charge in [0, 0.05) is 12.1 Å². The van der Waals surface area contributed by atoms with Crippen LogP contribution in [-0.2, 0) is 11.3 Å². The van der Waals surface area contributed by atoms with Crippen molar-refractivity contribution in [2.45, 2.75) is 38.3 Å². The van der Waals surface area contributed by atoms with Crippen molar-refractivity contribution >= 4 is 22.8 Å². The Labute approximate surface area is 228 Å². The highest BCUT2D eigenvalue weighted by molar-refractivity contribution is 5.99. The molecule has 2 fully saturated rings. The van der Waals surface area contributed by atoms with Gasteiger partial charge in [0.1, 0.15) is 35.2 Å². The van der Waals surface area contributed by atoms with Gasteiger partial charge in [-0.15, -0.1) is 0 Å². The number of anilines is 1. The fraction of sp³-hybridized carbons (Fsp3) is 0.276. The van der Waals surface area contributed by atoms with Crippen LogP contribution in [0.4, 0.5) is 14.6 Å². The number of rotatable bonds is 7. The van der Waals surface area contributed by atoms with Crippen molar-refractivity contribution in [1.29, 1.82) is 5.26 Å². The molecule has 6 rings (SSSR count). The molecule has 3 heterocycles. The fourth-order valence-corrected chi connectivity index (χ4v) is 5.03. The molecule has 9 nitrogen and oxygen atoms in total. The predicted octanol–water partition coefficient (Wildman–Crippen LogP) is 5.00. The lowest BCUT2D eigenvalue weighted by Gasteiger charge is -2.24. The lowest BCUT2D eigenvalue weighted by Crippen LogP contribution is -2.39. The van der Waals surface area contributed by atoms with E-state index in [9.17, 15) is 18.8 Å². The summed E-state index contributed by atoms with van der Waals surface area (Å²) in [5.74, 6) is -1.63. The van der Waals surface area contributed by atoms with Crippen LogP contribution in [0.5, 0.6) is 11.5 Å². The maximum Gasteiger partial charge on any atom is 0.264 e. The number of aromatic nitrogens is 4. The van der Waals surface area contributed by atoms with Gasteiger partial charge in [0.05, 0.1) is 18.0 Å². The molecule has 4 aromatic rings. The van der Waals surface area contributed by atoms with Crippen molar-refractivity contribution in [3.8, 4) is 28.8 Å². The Morgan fingerprint density at radius 3 is 2.70 bits per heavy atom. The minimum absolute atomic E-state index is 0.160. The van der Waals surface area contributed by atoms with Crippen LogP contribution in [0.3, 0.4) is 0 Å². The van der Waals surface area contributed by atoms with E-state index in [4.69, 9.17) is 15.6 Å². The van der Waals surface area contributed by atoms with Gasteiger partial charge in [-0.1, -0.05) is 12.1 Å². The molecule has 11 heteroatoms. The Balaban J connectivity index is 1.28. The first-order chi connectivity index (χ1) is 19.4. The molecule has 2 aliphatic rings. The van der Waals surface area contributed by atoms with E-state index in [0.29, 0.717) is 47.0 Å².